The molecular weight excluding hydrogens is 1030 g/mol. The normalized spacial score (nSPS) is 13.1. The van der Waals surface area contributed by atoms with Gasteiger partial charge in [0.2, 0.25) is 11.8 Å². The first-order valence-corrected chi connectivity index (χ1v) is 26.6. The van der Waals surface area contributed by atoms with Crippen molar-refractivity contribution in [1.82, 2.24) is 38.8 Å². The Labute approximate surface area is 473 Å². The summed E-state index contributed by atoms with van der Waals surface area (Å²) in [7, 11) is 7.19. The van der Waals surface area contributed by atoms with Crippen LogP contribution in [0.2, 0.25) is 0 Å². The predicted octanol–water partition coefficient (Wildman–Crippen LogP) is 7.09. The second-order valence-electron chi connectivity index (χ2n) is 20.0. The van der Waals surface area contributed by atoms with E-state index in [2.05, 4.69) is 71.9 Å². The number of benzene rings is 3. The number of hydrogen-bond acceptors (Lipinski definition) is 15. The quantitative estimate of drug-likeness (QED) is 0.0468. The van der Waals surface area contributed by atoms with Crippen LogP contribution in [0, 0.1) is 24.0 Å². The Hall–Kier alpha value is -8.56. The number of imidazole rings is 1. The number of nitrogens with one attached hydrogen (secondary N) is 2. The molecule has 0 saturated heterocycles. The molecule has 21 heteroatoms. The molecule has 4 heterocycles. The van der Waals surface area contributed by atoms with E-state index >= 15 is 0 Å². The lowest BCUT2D eigenvalue weighted by Gasteiger charge is -2.36. The Balaban J connectivity index is 0.000000238. The summed E-state index contributed by atoms with van der Waals surface area (Å²) in [4.78, 5) is 96.3. The molecular formula is C60H79N11O10. The van der Waals surface area contributed by atoms with Gasteiger partial charge in [0, 0.05) is 74.7 Å². The highest BCUT2D eigenvalue weighted by Crippen LogP contribution is 2.42. The molecule has 2 amide bonds. The number of anilines is 1. The third-order valence-corrected chi connectivity index (χ3v) is 14.2. The molecule has 6 aromatic rings. The fourth-order valence-corrected chi connectivity index (χ4v) is 9.84. The Morgan fingerprint density at radius 2 is 1.32 bits per heavy atom. The van der Waals surface area contributed by atoms with Crippen molar-refractivity contribution in [2.24, 2.45) is 26.9 Å². The van der Waals surface area contributed by atoms with Crippen LogP contribution in [0.25, 0.3) is 11.2 Å². The molecule has 1 atom stereocenters. The summed E-state index contributed by atoms with van der Waals surface area (Å²) in [6.07, 6.45) is 3.84. The van der Waals surface area contributed by atoms with Gasteiger partial charge in [0.25, 0.3) is 11.2 Å². The van der Waals surface area contributed by atoms with Gasteiger partial charge >= 0.3 is 17.6 Å². The van der Waals surface area contributed by atoms with Gasteiger partial charge in [-0.15, -0.1) is 0 Å². The number of ether oxygens (including phenoxy) is 2. The molecule has 0 bridgehead atoms. The van der Waals surface area contributed by atoms with E-state index in [9.17, 15) is 38.9 Å². The first kappa shape index (κ1) is 65.0. The average Bonchev–Trinajstić information content (AvgIpc) is 3.90. The Morgan fingerprint density at radius 1 is 0.778 bits per heavy atom. The molecule has 0 fully saturated rings. The number of hydrogen-bond donors (Lipinski definition) is 3. The summed E-state index contributed by atoms with van der Waals surface area (Å²) in [6, 6.07) is 28.2. The average molecular weight is 1110 g/mol. The topological polar surface area (TPSA) is 261 Å². The SMILES string of the molecule is CC(C)N(CCC(C(N)=O)(c1ccccc1)c1ccccn1)C(C)C.CCN(CC)CC(=O)Nc1c(C)cccc1C.COC(=O)C1=C(C)NC(C)=C(C(=O)OC)C1c1ccccc1[N+](=O)[O-].Cn1c(=O)c2c(ncn2C)n(C)c1=O. The van der Waals surface area contributed by atoms with Gasteiger partial charge in [-0.2, -0.15) is 0 Å². The van der Waals surface area contributed by atoms with Crippen LogP contribution in [0.4, 0.5) is 11.4 Å². The number of amides is 2. The molecule has 0 spiro atoms. The maximum atomic E-state index is 12.7. The predicted molar refractivity (Wildman–Crippen MR) is 314 cm³/mol. The maximum absolute atomic E-state index is 12.7. The van der Waals surface area contributed by atoms with Crippen molar-refractivity contribution in [2.45, 2.75) is 99.1 Å². The number of nitro benzene ring substituents is 1. The Morgan fingerprint density at radius 3 is 1.81 bits per heavy atom. The van der Waals surface area contributed by atoms with Crippen molar-refractivity contribution in [3.8, 4) is 0 Å². The lowest BCUT2D eigenvalue weighted by atomic mass is 9.73. The number of carbonyl (C=O) groups is 4. The van der Waals surface area contributed by atoms with Crippen LogP contribution in [0.5, 0.6) is 0 Å². The molecule has 3 aromatic heterocycles. The van der Waals surface area contributed by atoms with Crippen molar-refractivity contribution in [2.75, 3.05) is 45.7 Å². The smallest absolute Gasteiger partial charge is 0.336 e. The monoisotopic (exact) mass is 1110 g/mol. The highest BCUT2D eigenvalue weighted by atomic mass is 16.6. The zero-order chi connectivity index (χ0) is 60.5. The van der Waals surface area contributed by atoms with Crippen LogP contribution in [-0.2, 0) is 55.2 Å². The van der Waals surface area contributed by atoms with Gasteiger partial charge < -0.3 is 30.4 Å². The maximum Gasteiger partial charge on any atom is 0.336 e. The first-order chi connectivity index (χ1) is 38.3. The fraction of sp³-hybridized carbons (Fsp3) is 0.400. The standard InChI is InChI=1S/C21H29N3O.C17H18N2O6.C14H22N2O.C8H10N4O2/c1-16(2)24(17(3)4)15-13-21(20(22)25,18-10-6-5-7-11-18)19-12-8-9-14-23-19;1-9-13(16(20)24-3)15(14(10(2)18-9)17(21)25-4)11-7-5-6-8-12(11)19(22)23;1-5-16(6-2)10-13(17)15-14-11(3)8-7-9-12(14)4;1-10-4-9-6-5(10)7(13)12(3)8(14)11(6)2/h5-12,14,16-17H,13,15H2,1-4H3,(H2,22,25);5-8,15,18H,1-4H3;7-9H,5-6,10H2,1-4H3,(H,15,17);4H,1-3H3. The Bertz CT molecular complexity index is 3250. The number of nitrogens with zero attached hydrogens (tertiary/aromatic N) is 8. The van der Waals surface area contributed by atoms with Gasteiger partial charge in [-0.25, -0.2) is 19.4 Å². The number of esters is 2. The number of allylic oxidation sites excluding steroid dienone is 2. The second-order valence-corrected chi connectivity index (χ2v) is 20.0. The van der Waals surface area contributed by atoms with Gasteiger partial charge in [-0.1, -0.05) is 86.6 Å². The minimum Gasteiger partial charge on any atom is -0.466 e. The number of aromatic nitrogens is 5. The number of dihydropyridines is 1. The molecule has 1 aliphatic heterocycles. The van der Waals surface area contributed by atoms with Gasteiger partial charge in [0.1, 0.15) is 5.41 Å². The third-order valence-electron chi connectivity index (χ3n) is 14.2. The van der Waals surface area contributed by atoms with E-state index in [1.807, 2.05) is 80.6 Å². The van der Waals surface area contributed by atoms with Crippen molar-refractivity contribution in [3.05, 3.63) is 185 Å². The highest BCUT2D eigenvalue weighted by Gasteiger charge is 2.43. The summed E-state index contributed by atoms with van der Waals surface area (Å²) in [6.45, 7) is 23.2. The number of fused-ring (bicyclic) bond motifs is 1. The molecule has 7 rings (SSSR count). The number of para-hydroxylation sites is 2. The lowest BCUT2D eigenvalue weighted by Crippen LogP contribution is -2.47. The van der Waals surface area contributed by atoms with Crippen molar-refractivity contribution in [1.29, 1.82) is 0 Å². The van der Waals surface area contributed by atoms with Crippen LogP contribution >= 0.6 is 0 Å². The summed E-state index contributed by atoms with van der Waals surface area (Å²) in [5.41, 5.74) is 11.2. The number of primary amides is 1. The first-order valence-electron chi connectivity index (χ1n) is 26.6. The number of rotatable bonds is 17. The van der Waals surface area contributed by atoms with Gasteiger partial charge in [-0.05, 0) is 104 Å². The summed E-state index contributed by atoms with van der Waals surface area (Å²) >= 11 is 0. The van der Waals surface area contributed by atoms with Crippen LogP contribution in [0.3, 0.4) is 0 Å². The molecule has 3 aromatic carbocycles. The highest BCUT2D eigenvalue weighted by molar-refractivity contribution is 6.00. The molecule has 21 nitrogen and oxygen atoms in total. The third kappa shape index (κ3) is 15.4. The number of pyridine rings is 1. The van der Waals surface area contributed by atoms with E-state index < -0.39 is 28.2 Å². The number of methoxy groups -OCH3 is 2. The minimum absolute atomic E-state index is 0.0612. The van der Waals surface area contributed by atoms with Crippen LogP contribution in [0.1, 0.15) is 95.7 Å². The van der Waals surface area contributed by atoms with Crippen molar-refractivity contribution < 1.29 is 33.6 Å². The van der Waals surface area contributed by atoms with E-state index in [4.69, 9.17) is 15.2 Å². The molecule has 4 N–H and O–H groups in total. The second kappa shape index (κ2) is 29.6. The summed E-state index contributed by atoms with van der Waals surface area (Å²) in [5.74, 6) is -2.62. The summed E-state index contributed by atoms with van der Waals surface area (Å²) in [5, 5.41) is 17.4. The van der Waals surface area contributed by atoms with E-state index in [1.54, 1.807) is 44.8 Å². The molecule has 1 aliphatic rings. The number of aryl methyl sites for hydroxylation is 4. The fourth-order valence-electron chi connectivity index (χ4n) is 9.84. The molecule has 81 heavy (non-hydrogen) atoms. The zero-order valence-corrected chi connectivity index (χ0v) is 49.3. The Kier molecular flexibility index (Phi) is 23.7. The van der Waals surface area contributed by atoms with E-state index in [0.29, 0.717) is 53.3 Å². The molecule has 0 aliphatic carbocycles. The molecule has 0 radical (unpaired) electrons. The van der Waals surface area contributed by atoms with Crippen LogP contribution in [0.15, 0.2) is 136 Å². The number of nitro groups is 1. The zero-order valence-electron chi connectivity index (χ0n) is 49.3. The molecule has 434 valence electrons. The van der Waals surface area contributed by atoms with Crippen molar-refractivity contribution in [3.63, 3.8) is 0 Å². The molecule has 0 saturated carbocycles. The summed E-state index contributed by atoms with van der Waals surface area (Å²) < 4.78 is 13.7. The minimum atomic E-state index is -0.970. The van der Waals surface area contributed by atoms with Crippen LogP contribution < -0.4 is 27.6 Å². The molecule has 1 unspecified atom stereocenters. The lowest BCUT2D eigenvalue weighted by molar-refractivity contribution is -0.385. The van der Waals surface area contributed by atoms with E-state index in [1.165, 1.54) is 50.4 Å². The largest absolute Gasteiger partial charge is 0.466 e. The van der Waals surface area contributed by atoms with Crippen molar-refractivity contribution >= 4 is 46.3 Å². The number of carbonyl (C=O) groups excluding carboxylic acids is 4. The van der Waals surface area contributed by atoms with E-state index in [-0.39, 0.29) is 45.5 Å². The van der Waals surface area contributed by atoms with Crippen LogP contribution in [-0.4, -0.2) is 115 Å². The number of nitrogens with two attached hydrogens (primary N) is 1. The van der Waals surface area contributed by atoms with Gasteiger partial charge in [0.05, 0.1) is 54.8 Å². The van der Waals surface area contributed by atoms with E-state index in [0.717, 1.165) is 46.6 Å². The number of likely N-dealkylation sites (N-methyl/N-ethyl adjacent to an activating group) is 1. The van der Waals surface area contributed by atoms with Gasteiger partial charge in [0.15, 0.2) is 11.2 Å². The van der Waals surface area contributed by atoms with Gasteiger partial charge in [-0.3, -0.25) is 48.4 Å².